The zero-order valence-corrected chi connectivity index (χ0v) is 13.6. The van der Waals surface area contributed by atoms with Crippen molar-refractivity contribution in [2.45, 2.75) is 33.4 Å². The zero-order valence-electron chi connectivity index (χ0n) is 13.6. The van der Waals surface area contributed by atoms with E-state index in [0.29, 0.717) is 5.56 Å². The lowest BCUT2D eigenvalue weighted by molar-refractivity contribution is -0.124. The smallest absolute Gasteiger partial charge is 0.407 e. The van der Waals surface area contributed by atoms with Crippen molar-refractivity contribution in [3.8, 4) is 0 Å². The van der Waals surface area contributed by atoms with E-state index in [4.69, 9.17) is 10.5 Å². The standard InChI is InChI=1S/C16H23N3O4/c1-4-23-16(22)19-13(10(2)3)15(21)18-9-11-5-7-12(8-6-11)14(17)20/h5-8,10,13H,4,9H2,1-3H3,(H2,17,20)(H,18,21)(H,19,22). The average Bonchev–Trinajstić information content (AvgIpc) is 2.50. The van der Waals surface area contributed by atoms with Gasteiger partial charge in [0.05, 0.1) is 6.61 Å². The van der Waals surface area contributed by atoms with Gasteiger partial charge in [0.25, 0.3) is 0 Å². The van der Waals surface area contributed by atoms with Crippen LogP contribution in [0.1, 0.15) is 36.7 Å². The summed E-state index contributed by atoms with van der Waals surface area (Å²) in [5.41, 5.74) is 6.40. The van der Waals surface area contributed by atoms with Crippen LogP contribution in [0, 0.1) is 5.92 Å². The summed E-state index contributed by atoms with van der Waals surface area (Å²) in [5.74, 6) is -0.886. The van der Waals surface area contributed by atoms with Crippen molar-refractivity contribution >= 4 is 17.9 Å². The Kier molecular flexibility index (Phi) is 7.05. The Morgan fingerprint density at radius 3 is 2.26 bits per heavy atom. The molecule has 23 heavy (non-hydrogen) atoms. The molecule has 1 aromatic carbocycles. The van der Waals surface area contributed by atoms with E-state index >= 15 is 0 Å². The van der Waals surface area contributed by atoms with E-state index < -0.39 is 18.0 Å². The van der Waals surface area contributed by atoms with Gasteiger partial charge >= 0.3 is 6.09 Å². The molecule has 0 spiro atoms. The average molecular weight is 321 g/mol. The maximum absolute atomic E-state index is 12.2. The Bertz CT molecular complexity index is 555. The molecule has 7 nitrogen and oxygen atoms in total. The Labute approximate surface area is 135 Å². The van der Waals surface area contributed by atoms with E-state index in [-0.39, 0.29) is 25.0 Å². The third-order valence-corrected chi connectivity index (χ3v) is 3.20. The Balaban J connectivity index is 2.61. The van der Waals surface area contributed by atoms with Crippen LogP contribution in [0.5, 0.6) is 0 Å². The summed E-state index contributed by atoms with van der Waals surface area (Å²) in [4.78, 5) is 34.7. The van der Waals surface area contributed by atoms with E-state index in [1.807, 2.05) is 13.8 Å². The summed E-state index contributed by atoms with van der Waals surface area (Å²) in [6.45, 7) is 5.88. The lowest BCUT2D eigenvalue weighted by atomic mass is 10.0. The minimum Gasteiger partial charge on any atom is -0.450 e. The number of primary amides is 1. The fourth-order valence-corrected chi connectivity index (χ4v) is 1.92. The summed E-state index contributed by atoms with van der Waals surface area (Å²) < 4.78 is 4.80. The highest BCUT2D eigenvalue weighted by atomic mass is 16.5. The van der Waals surface area contributed by atoms with Crippen molar-refractivity contribution in [3.63, 3.8) is 0 Å². The van der Waals surface area contributed by atoms with E-state index in [0.717, 1.165) is 5.56 Å². The van der Waals surface area contributed by atoms with Crippen LogP contribution in [-0.2, 0) is 16.1 Å². The molecular formula is C16H23N3O4. The maximum atomic E-state index is 12.2. The van der Waals surface area contributed by atoms with E-state index in [1.165, 1.54) is 0 Å². The van der Waals surface area contributed by atoms with Gasteiger partial charge in [-0.25, -0.2) is 4.79 Å². The van der Waals surface area contributed by atoms with Crippen molar-refractivity contribution < 1.29 is 19.1 Å². The first-order chi connectivity index (χ1) is 10.8. The number of benzene rings is 1. The van der Waals surface area contributed by atoms with E-state index in [1.54, 1.807) is 31.2 Å². The fraction of sp³-hybridized carbons (Fsp3) is 0.438. The molecule has 7 heteroatoms. The third-order valence-electron chi connectivity index (χ3n) is 3.20. The van der Waals surface area contributed by atoms with Crippen molar-refractivity contribution in [2.24, 2.45) is 11.7 Å². The summed E-state index contributed by atoms with van der Waals surface area (Å²) in [6, 6.07) is 5.94. The molecule has 1 atom stereocenters. The predicted octanol–water partition coefficient (Wildman–Crippen LogP) is 1.17. The molecule has 0 aliphatic carbocycles. The SMILES string of the molecule is CCOC(=O)NC(C(=O)NCc1ccc(C(N)=O)cc1)C(C)C. The number of carbonyl (C=O) groups is 3. The highest BCUT2D eigenvalue weighted by Gasteiger charge is 2.24. The normalized spacial score (nSPS) is 11.7. The molecule has 1 aromatic rings. The van der Waals surface area contributed by atoms with Crippen LogP contribution in [0.4, 0.5) is 4.79 Å². The van der Waals surface area contributed by atoms with E-state index in [2.05, 4.69) is 10.6 Å². The number of nitrogens with two attached hydrogens (primary N) is 1. The van der Waals surface area contributed by atoms with Crippen LogP contribution < -0.4 is 16.4 Å². The van der Waals surface area contributed by atoms with Gasteiger partial charge in [-0.15, -0.1) is 0 Å². The second-order valence-corrected chi connectivity index (χ2v) is 5.37. The molecule has 126 valence electrons. The molecule has 0 radical (unpaired) electrons. The molecule has 0 saturated heterocycles. The van der Waals surface area contributed by atoms with Crippen molar-refractivity contribution in [1.29, 1.82) is 0 Å². The molecule has 1 unspecified atom stereocenters. The molecular weight excluding hydrogens is 298 g/mol. The van der Waals surface area contributed by atoms with Gasteiger partial charge in [-0.3, -0.25) is 9.59 Å². The first-order valence-electron chi connectivity index (χ1n) is 7.44. The highest BCUT2D eigenvalue weighted by Crippen LogP contribution is 2.06. The molecule has 0 heterocycles. The minimum atomic E-state index is -0.682. The highest BCUT2D eigenvalue weighted by molar-refractivity contribution is 5.92. The number of alkyl carbamates (subject to hydrolysis) is 1. The number of rotatable bonds is 7. The second kappa shape index (κ2) is 8.77. The van der Waals surface area contributed by atoms with Crippen molar-refractivity contribution in [3.05, 3.63) is 35.4 Å². The van der Waals surface area contributed by atoms with Crippen LogP contribution in [-0.4, -0.2) is 30.6 Å². The first kappa shape index (κ1) is 18.5. The monoisotopic (exact) mass is 321 g/mol. The number of hydrogen-bond acceptors (Lipinski definition) is 4. The lowest BCUT2D eigenvalue weighted by Gasteiger charge is -2.21. The Morgan fingerprint density at radius 1 is 1.17 bits per heavy atom. The summed E-state index contributed by atoms with van der Waals surface area (Å²) >= 11 is 0. The van der Waals surface area contributed by atoms with Crippen molar-refractivity contribution in [1.82, 2.24) is 10.6 Å². The Hall–Kier alpha value is -2.57. The summed E-state index contributed by atoms with van der Waals surface area (Å²) in [6.07, 6.45) is -0.618. The molecule has 3 amide bonds. The molecule has 0 bridgehead atoms. The Morgan fingerprint density at radius 2 is 1.78 bits per heavy atom. The van der Waals surface area contributed by atoms with Gasteiger partial charge in [-0.1, -0.05) is 26.0 Å². The number of amides is 3. The van der Waals surface area contributed by atoms with Gasteiger partial charge in [0, 0.05) is 12.1 Å². The van der Waals surface area contributed by atoms with Gasteiger partial charge < -0.3 is 21.1 Å². The van der Waals surface area contributed by atoms with Gasteiger partial charge in [0.15, 0.2) is 0 Å². The van der Waals surface area contributed by atoms with Gasteiger partial charge in [-0.05, 0) is 30.5 Å². The topological polar surface area (TPSA) is 111 Å². The zero-order chi connectivity index (χ0) is 17.4. The molecule has 0 aliphatic rings. The molecule has 4 N–H and O–H groups in total. The molecule has 0 fully saturated rings. The van der Waals surface area contributed by atoms with Crippen LogP contribution in [0.3, 0.4) is 0 Å². The van der Waals surface area contributed by atoms with Crippen LogP contribution >= 0.6 is 0 Å². The summed E-state index contributed by atoms with van der Waals surface area (Å²) in [5, 5.41) is 5.29. The lowest BCUT2D eigenvalue weighted by Crippen LogP contribution is -2.49. The minimum absolute atomic E-state index is 0.0864. The van der Waals surface area contributed by atoms with Gasteiger partial charge in [0.1, 0.15) is 6.04 Å². The van der Waals surface area contributed by atoms with Crippen LogP contribution in [0.15, 0.2) is 24.3 Å². The van der Waals surface area contributed by atoms with Gasteiger partial charge in [0.2, 0.25) is 11.8 Å². The number of carbonyl (C=O) groups excluding carboxylic acids is 3. The summed E-state index contributed by atoms with van der Waals surface area (Å²) in [7, 11) is 0. The van der Waals surface area contributed by atoms with Crippen LogP contribution in [0.2, 0.25) is 0 Å². The molecule has 0 aliphatic heterocycles. The molecule has 0 saturated carbocycles. The number of ether oxygens (including phenoxy) is 1. The second-order valence-electron chi connectivity index (χ2n) is 5.37. The molecule has 1 rings (SSSR count). The largest absolute Gasteiger partial charge is 0.450 e. The maximum Gasteiger partial charge on any atom is 0.407 e. The van der Waals surface area contributed by atoms with Gasteiger partial charge in [-0.2, -0.15) is 0 Å². The number of hydrogen-bond donors (Lipinski definition) is 3. The van der Waals surface area contributed by atoms with E-state index in [9.17, 15) is 14.4 Å². The quantitative estimate of drug-likeness (QED) is 0.700. The first-order valence-corrected chi connectivity index (χ1v) is 7.44. The van der Waals surface area contributed by atoms with Crippen molar-refractivity contribution in [2.75, 3.05) is 6.61 Å². The third kappa shape index (κ3) is 5.98. The predicted molar refractivity (Wildman–Crippen MR) is 85.6 cm³/mol. The molecule has 0 aromatic heterocycles. The van der Waals surface area contributed by atoms with Crippen LogP contribution in [0.25, 0.3) is 0 Å². The number of nitrogens with one attached hydrogen (secondary N) is 2. The fourth-order valence-electron chi connectivity index (χ4n) is 1.92.